The maximum absolute atomic E-state index is 12.4. The molecule has 2 atom stereocenters. The van der Waals surface area contributed by atoms with Gasteiger partial charge in [0.2, 0.25) is 10.0 Å². The van der Waals surface area contributed by atoms with E-state index in [-0.39, 0.29) is 11.8 Å². The Kier molecular flexibility index (Phi) is 3.42. The Balaban J connectivity index is 2.28. The van der Waals surface area contributed by atoms with Crippen LogP contribution >= 0.6 is 0 Å². The first-order valence-corrected chi connectivity index (χ1v) is 7.35. The van der Waals surface area contributed by atoms with Gasteiger partial charge in [0.05, 0.1) is 16.9 Å². The van der Waals surface area contributed by atoms with Crippen LogP contribution in [0, 0.1) is 30.1 Å². The van der Waals surface area contributed by atoms with Gasteiger partial charge in [-0.2, -0.15) is 9.57 Å². The second-order valence-electron chi connectivity index (χ2n) is 4.85. The molecule has 1 aromatic carbocycles. The van der Waals surface area contributed by atoms with Crippen molar-refractivity contribution in [2.24, 2.45) is 11.8 Å². The smallest absolute Gasteiger partial charge is 0.207 e. The molecule has 1 aromatic rings. The Hall–Kier alpha value is -1.38. The summed E-state index contributed by atoms with van der Waals surface area (Å²) >= 11 is 0. The zero-order chi connectivity index (χ0) is 13.3. The van der Waals surface area contributed by atoms with E-state index in [9.17, 15) is 8.42 Å². The van der Waals surface area contributed by atoms with Crippen molar-refractivity contribution in [2.45, 2.75) is 18.7 Å². The number of nitriles is 1. The summed E-state index contributed by atoms with van der Waals surface area (Å²) in [5.41, 5.74) is 1.03. The third kappa shape index (κ3) is 2.26. The molecule has 1 aliphatic heterocycles. The van der Waals surface area contributed by atoms with Gasteiger partial charge in [0.15, 0.2) is 0 Å². The van der Waals surface area contributed by atoms with E-state index in [2.05, 4.69) is 6.07 Å². The number of rotatable bonds is 2. The number of hydrogen-bond donors (Lipinski definition) is 0. The first-order chi connectivity index (χ1) is 8.45. The lowest BCUT2D eigenvalue weighted by Crippen LogP contribution is -2.29. The average molecular weight is 264 g/mol. The number of benzene rings is 1. The molecule has 0 radical (unpaired) electrons. The van der Waals surface area contributed by atoms with E-state index >= 15 is 0 Å². The van der Waals surface area contributed by atoms with Gasteiger partial charge in [0.25, 0.3) is 0 Å². The molecule has 0 aliphatic carbocycles. The third-order valence-corrected chi connectivity index (χ3v) is 5.25. The van der Waals surface area contributed by atoms with E-state index in [1.807, 2.05) is 13.8 Å². The Morgan fingerprint density at radius 1 is 1.28 bits per heavy atom. The number of nitrogens with zero attached hydrogens (tertiary/aromatic N) is 2. The van der Waals surface area contributed by atoms with Crippen LogP contribution in [0.25, 0.3) is 0 Å². The number of sulfonamides is 1. The van der Waals surface area contributed by atoms with E-state index < -0.39 is 10.0 Å². The van der Waals surface area contributed by atoms with E-state index in [0.29, 0.717) is 18.0 Å². The SMILES string of the molecule is Cc1ccc(S(=O)(=O)N2C[C@H](C)[C@@H](C#N)C2)cc1. The summed E-state index contributed by atoms with van der Waals surface area (Å²) in [6.45, 7) is 4.56. The summed E-state index contributed by atoms with van der Waals surface area (Å²) in [7, 11) is -3.45. The maximum atomic E-state index is 12.4. The molecule has 1 heterocycles. The van der Waals surface area contributed by atoms with Crippen molar-refractivity contribution in [1.29, 1.82) is 5.26 Å². The summed E-state index contributed by atoms with van der Waals surface area (Å²) in [5.74, 6) is -0.111. The van der Waals surface area contributed by atoms with Crippen molar-refractivity contribution in [3.63, 3.8) is 0 Å². The minimum absolute atomic E-state index is 0.0928. The zero-order valence-electron chi connectivity index (χ0n) is 10.5. The Bertz CT molecular complexity index is 572. The molecule has 1 saturated heterocycles. The molecule has 1 fully saturated rings. The van der Waals surface area contributed by atoms with E-state index in [1.165, 1.54) is 4.31 Å². The normalized spacial score (nSPS) is 24.9. The van der Waals surface area contributed by atoms with Crippen molar-refractivity contribution in [3.05, 3.63) is 29.8 Å². The molecule has 5 heteroatoms. The van der Waals surface area contributed by atoms with E-state index in [4.69, 9.17) is 5.26 Å². The lowest BCUT2D eigenvalue weighted by atomic mass is 10.0. The molecule has 0 bridgehead atoms. The average Bonchev–Trinajstić information content (AvgIpc) is 2.72. The Morgan fingerprint density at radius 2 is 1.89 bits per heavy atom. The van der Waals surface area contributed by atoms with Crippen LogP contribution in [0.2, 0.25) is 0 Å². The maximum Gasteiger partial charge on any atom is 0.243 e. The molecule has 0 spiro atoms. The molecule has 0 N–H and O–H groups in total. The molecule has 18 heavy (non-hydrogen) atoms. The highest BCUT2D eigenvalue weighted by atomic mass is 32.2. The topological polar surface area (TPSA) is 61.2 Å². The quantitative estimate of drug-likeness (QED) is 0.818. The molecule has 0 aromatic heterocycles. The van der Waals surface area contributed by atoms with Gasteiger partial charge in [0.1, 0.15) is 0 Å². The van der Waals surface area contributed by atoms with Crippen LogP contribution in [0.1, 0.15) is 12.5 Å². The Morgan fingerprint density at radius 3 is 2.39 bits per heavy atom. The van der Waals surface area contributed by atoms with Crippen molar-refractivity contribution < 1.29 is 8.42 Å². The van der Waals surface area contributed by atoms with Gasteiger partial charge in [-0.1, -0.05) is 24.6 Å². The largest absolute Gasteiger partial charge is 0.243 e. The van der Waals surface area contributed by atoms with Crippen LogP contribution < -0.4 is 0 Å². The fourth-order valence-corrected chi connectivity index (χ4v) is 3.71. The monoisotopic (exact) mass is 264 g/mol. The van der Waals surface area contributed by atoms with Gasteiger partial charge in [-0.25, -0.2) is 8.42 Å². The first-order valence-electron chi connectivity index (χ1n) is 5.91. The zero-order valence-corrected chi connectivity index (χ0v) is 11.3. The van der Waals surface area contributed by atoms with Crippen LogP contribution in [-0.4, -0.2) is 25.8 Å². The summed E-state index contributed by atoms with van der Waals surface area (Å²) in [4.78, 5) is 0.305. The van der Waals surface area contributed by atoms with Crippen molar-refractivity contribution in [1.82, 2.24) is 4.31 Å². The Labute approximate surface area is 108 Å². The summed E-state index contributed by atoms with van der Waals surface area (Å²) in [6, 6.07) is 8.98. The minimum Gasteiger partial charge on any atom is -0.207 e. The van der Waals surface area contributed by atoms with Gasteiger partial charge in [-0.15, -0.1) is 0 Å². The molecule has 4 nitrogen and oxygen atoms in total. The molecular weight excluding hydrogens is 248 g/mol. The van der Waals surface area contributed by atoms with Crippen LogP contribution in [-0.2, 0) is 10.0 Å². The predicted octanol–water partition coefficient (Wildman–Crippen LogP) is 1.78. The lowest BCUT2D eigenvalue weighted by Gasteiger charge is -2.15. The second kappa shape index (κ2) is 4.71. The lowest BCUT2D eigenvalue weighted by molar-refractivity contribution is 0.464. The highest BCUT2D eigenvalue weighted by molar-refractivity contribution is 7.89. The molecule has 1 aliphatic rings. The molecule has 0 amide bonds. The summed E-state index contributed by atoms with van der Waals surface area (Å²) in [6.07, 6.45) is 0. The minimum atomic E-state index is -3.45. The standard InChI is InChI=1S/C13H16N2O2S/c1-10-3-5-13(6-4-10)18(16,17)15-8-11(2)12(7-14)9-15/h3-6,11-12H,8-9H2,1-2H3/t11-,12-/m0/s1. The summed E-state index contributed by atoms with van der Waals surface area (Å²) in [5, 5.41) is 8.96. The highest BCUT2D eigenvalue weighted by Gasteiger charge is 2.37. The van der Waals surface area contributed by atoms with Crippen molar-refractivity contribution in [3.8, 4) is 6.07 Å². The van der Waals surface area contributed by atoms with Crippen LogP contribution in [0.3, 0.4) is 0 Å². The van der Waals surface area contributed by atoms with Gasteiger partial charge < -0.3 is 0 Å². The molecular formula is C13H16N2O2S. The van der Waals surface area contributed by atoms with E-state index in [1.54, 1.807) is 24.3 Å². The highest BCUT2D eigenvalue weighted by Crippen LogP contribution is 2.27. The predicted molar refractivity (Wildman–Crippen MR) is 68.2 cm³/mol. The van der Waals surface area contributed by atoms with E-state index in [0.717, 1.165) is 5.56 Å². The van der Waals surface area contributed by atoms with Crippen LogP contribution in [0.4, 0.5) is 0 Å². The van der Waals surface area contributed by atoms with Crippen LogP contribution in [0.5, 0.6) is 0 Å². The molecule has 96 valence electrons. The van der Waals surface area contributed by atoms with Gasteiger partial charge in [-0.3, -0.25) is 0 Å². The van der Waals surface area contributed by atoms with Gasteiger partial charge >= 0.3 is 0 Å². The number of hydrogen-bond acceptors (Lipinski definition) is 3. The third-order valence-electron chi connectivity index (χ3n) is 3.40. The summed E-state index contributed by atoms with van der Waals surface area (Å²) < 4.78 is 26.2. The van der Waals surface area contributed by atoms with Crippen molar-refractivity contribution in [2.75, 3.05) is 13.1 Å². The van der Waals surface area contributed by atoms with Gasteiger partial charge in [-0.05, 0) is 25.0 Å². The fraction of sp³-hybridized carbons (Fsp3) is 0.462. The molecule has 2 rings (SSSR count). The fourth-order valence-electron chi connectivity index (χ4n) is 2.15. The molecule has 0 unspecified atom stereocenters. The van der Waals surface area contributed by atoms with Crippen molar-refractivity contribution >= 4 is 10.0 Å². The van der Waals surface area contributed by atoms with Crippen LogP contribution in [0.15, 0.2) is 29.2 Å². The van der Waals surface area contributed by atoms with Gasteiger partial charge in [0, 0.05) is 13.1 Å². The molecule has 0 saturated carbocycles. The second-order valence-corrected chi connectivity index (χ2v) is 6.79. The number of aryl methyl sites for hydroxylation is 1. The first kappa shape index (κ1) is 13.1.